The molecule has 0 radical (unpaired) electrons. The molecule has 4 nitrogen and oxygen atoms in total. The van der Waals surface area contributed by atoms with Crippen molar-refractivity contribution in [3.8, 4) is 0 Å². The summed E-state index contributed by atoms with van der Waals surface area (Å²) < 4.78 is 28.7. The van der Waals surface area contributed by atoms with Crippen molar-refractivity contribution in [1.82, 2.24) is 9.62 Å². The molecule has 0 bridgehead atoms. The summed E-state index contributed by atoms with van der Waals surface area (Å²) in [6.45, 7) is 2.72. The lowest BCUT2D eigenvalue weighted by atomic mass is 9.75. The van der Waals surface area contributed by atoms with Crippen molar-refractivity contribution in [2.45, 2.75) is 42.4 Å². The second kappa shape index (κ2) is 6.66. The first-order valence-corrected chi connectivity index (χ1v) is 10.3. The van der Waals surface area contributed by atoms with Gasteiger partial charge in [0.05, 0.1) is 0 Å². The second-order valence-electron chi connectivity index (χ2n) is 6.20. The van der Waals surface area contributed by atoms with E-state index in [2.05, 4.69) is 32.5 Å². The van der Waals surface area contributed by atoms with Gasteiger partial charge in [-0.3, -0.25) is 0 Å². The van der Waals surface area contributed by atoms with Gasteiger partial charge in [0, 0.05) is 16.6 Å². The van der Waals surface area contributed by atoms with E-state index in [1.807, 2.05) is 14.1 Å². The van der Waals surface area contributed by atoms with E-state index in [0.29, 0.717) is 21.1 Å². The van der Waals surface area contributed by atoms with Crippen molar-refractivity contribution < 1.29 is 8.42 Å². The minimum Gasteiger partial charge on any atom is -0.302 e. The summed E-state index contributed by atoms with van der Waals surface area (Å²) in [5.74, 6) is 0.638. The average Bonchev–Trinajstić information content (AvgIpc) is 2.83. The van der Waals surface area contributed by atoms with E-state index in [4.69, 9.17) is 0 Å². The van der Waals surface area contributed by atoms with Gasteiger partial charge in [0.2, 0.25) is 0 Å². The summed E-state index contributed by atoms with van der Waals surface area (Å²) in [7, 11) is 0.657. The molecule has 0 spiro atoms. The van der Waals surface area contributed by atoms with E-state index in [9.17, 15) is 8.42 Å². The first kappa shape index (κ1) is 17.4. The summed E-state index contributed by atoms with van der Waals surface area (Å²) in [4.78, 5) is 2.19. The zero-order valence-corrected chi connectivity index (χ0v) is 15.9. The molecule has 1 fully saturated rings. The highest BCUT2D eigenvalue weighted by molar-refractivity contribution is 9.10. The Hall–Kier alpha value is 0.0500. The molecule has 2 unspecified atom stereocenters. The number of sulfonamides is 1. The predicted octanol–water partition coefficient (Wildman–Crippen LogP) is 3.30. The van der Waals surface area contributed by atoms with Gasteiger partial charge in [-0.05, 0) is 60.2 Å². The summed E-state index contributed by atoms with van der Waals surface area (Å²) in [5, 5.41) is 1.78. The Bertz CT molecular complexity index is 586. The monoisotopic (exact) mass is 394 g/mol. The number of nitrogens with zero attached hydrogens (tertiary/aromatic N) is 1. The molecular formula is C14H23BrN2O2S2. The molecule has 7 heteroatoms. The zero-order chi connectivity index (χ0) is 15.7. The van der Waals surface area contributed by atoms with Crippen LogP contribution in [0.15, 0.2) is 20.1 Å². The van der Waals surface area contributed by atoms with Crippen molar-refractivity contribution in [2.24, 2.45) is 5.92 Å². The van der Waals surface area contributed by atoms with Gasteiger partial charge >= 0.3 is 0 Å². The number of hydrogen-bond donors (Lipinski definition) is 1. The quantitative estimate of drug-likeness (QED) is 0.832. The third kappa shape index (κ3) is 3.88. The fourth-order valence-electron chi connectivity index (χ4n) is 3.12. The Morgan fingerprint density at radius 1 is 1.52 bits per heavy atom. The maximum Gasteiger partial charge on any atom is 0.251 e. The number of halogens is 1. The van der Waals surface area contributed by atoms with Gasteiger partial charge < -0.3 is 4.90 Å². The number of nitrogens with one attached hydrogen (secondary N) is 1. The van der Waals surface area contributed by atoms with Crippen LogP contribution in [0.5, 0.6) is 0 Å². The van der Waals surface area contributed by atoms with Crippen LogP contribution in [0.1, 0.15) is 32.6 Å². The van der Waals surface area contributed by atoms with Crippen molar-refractivity contribution in [2.75, 3.05) is 20.6 Å². The van der Waals surface area contributed by atoms with Crippen LogP contribution in [0.25, 0.3) is 0 Å². The van der Waals surface area contributed by atoms with E-state index < -0.39 is 10.0 Å². The molecular weight excluding hydrogens is 372 g/mol. The normalized spacial score (nSPS) is 27.2. The maximum absolute atomic E-state index is 12.5. The molecule has 1 N–H and O–H groups in total. The zero-order valence-electron chi connectivity index (χ0n) is 12.7. The Balaban J connectivity index is 2.14. The van der Waals surface area contributed by atoms with Crippen LogP contribution >= 0.6 is 27.3 Å². The van der Waals surface area contributed by atoms with Gasteiger partial charge in [-0.1, -0.05) is 19.8 Å². The van der Waals surface area contributed by atoms with Gasteiger partial charge in [-0.15, -0.1) is 11.3 Å². The molecule has 21 heavy (non-hydrogen) atoms. The van der Waals surface area contributed by atoms with E-state index in [1.165, 1.54) is 17.8 Å². The van der Waals surface area contributed by atoms with Crippen molar-refractivity contribution in [1.29, 1.82) is 0 Å². The largest absolute Gasteiger partial charge is 0.302 e. The Morgan fingerprint density at radius 3 is 2.76 bits per heavy atom. The van der Waals surface area contributed by atoms with Crippen LogP contribution in [-0.2, 0) is 10.0 Å². The molecule has 0 aliphatic heterocycles. The van der Waals surface area contributed by atoms with Crippen LogP contribution in [0.2, 0.25) is 0 Å². The van der Waals surface area contributed by atoms with Gasteiger partial charge in [-0.25, -0.2) is 13.1 Å². The highest BCUT2D eigenvalue weighted by atomic mass is 79.9. The first-order chi connectivity index (χ1) is 9.77. The van der Waals surface area contributed by atoms with Crippen LogP contribution < -0.4 is 4.72 Å². The number of likely N-dealkylation sites (N-methyl/N-ethyl adjacent to an activating group) is 1. The topological polar surface area (TPSA) is 49.4 Å². The number of thiophene rings is 1. The van der Waals surface area contributed by atoms with Gasteiger partial charge in [0.15, 0.2) is 0 Å². The van der Waals surface area contributed by atoms with E-state index >= 15 is 0 Å². The Labute approximate surface area is 140 Å². The van der Waals surface area contributed by atoms with Crippen LogP contribution in [-0.4, -0.2) is 39.5 Å². The molecule has 1 heterocycles. The molecule has 0 saturated heterocycles. The van der Waals surface area contributed by atoms with E-state index in [0.717, 1.165) is 19.3 Å². The third-order valence-corrected chi connectivity index (χ3v) is 8.51. The van der Waals surface area contributed by atoms with Crippen molar-refractivity contribution in [3.05, 3.63) is 15.9 Å². The standard InChI is InChI=1S/C14H23BrN2O2S2/c1-11-5-4-7-14(9-11,17(2)3)10-16-21(18,19)13-12(15)6-8-20-13/h6,8,11,16H,4-5,7,9-10H2,1-3H3. The van der Waals surface area contributed by atoms with Crippen LogP contribution in [0, 0.1) is 5.92 Å². The highest BCUT2D eigenvalue weighted by Crippen LogP contribution is 2.36. The Morgan fingerprint density at radius 2 is 2.24 bits per heavy atom. The average molecular weight is 395 g/mol. The molecule has 2 rings (SSSR count). The third-order valence-electron chi connectivity index (χ3n) is 4.44. The smallest absolute Gasteiger partial charge is 0.251 e. The lowest BCUT2D eigenvalue weighted by molar-refractivity contribution is 0.0805. The minimum atomic E-state index is -3.44. The molecule has 1 saturated carbocycles. The summed E-state index contributed by atoms with van der Waals surface area (Å²) in [5.41, 5.74) is -0.0749. The maximum atomic E-state index is 12.5. The fourth-order valence-corrected chi connectivity index (χ4v) is 6.62. The van der Waals surface area contributed by atoms with Crippen molar-refractivity contribution >= 4 is 37.3 Å². The molecule has 1 aliphatic rings. The minimum absolute atomic E-state index is 0.0749. The highest BCUT2D eigenvalue weighted by Gasteiger charge is 2.38. The summed E-state index contributed by atoms with van der Waals surface area (Å²) in [6.07, 6.45) is 4.47. The lowest BCUT2D eigenvalue weighted by Gasteiger charge is -2.45. The first-order valence-electron chi connectivity index (χ1n) is 7.17. The molecule has 0 aromatic carbocycles. The number of hydrogen-bond acceptors (Lipinski definition) is 4. The fraction of sp³-hybridized carbons (Fsp3) is 0.714. The molecule has 1 aromatic rings. The van der Waals surface area contributed by atoms with Crippen LogP contribution in [0.4, 0.5) is 0 Å². The lowest BCUT2D eigenvalue weighted by Crippen LogP contribution is -2.54. The molecule has 120 valence electrons. The van der Waals surface area contributed by atoms with E-state index in [-0.39, 0.29) is 5.54 Å². The molecule has 2 atom stereocenters. The summed E-state index contributed by atoms with van der Waals surface area (Å²) >= 11 is 4.54. The Kier molecular flexibility index (Phi) is 5.52. The van der Waals surface area contributed by atoms with E-state index in [1.54, 1.807) is 11.4 Å². The molecule has 1 aromatic heterocycles. The van der Waals surface area contributed by atoms with Gasteiger partial charge in [-0.2, -0.15) is 0 Å². The summed E-state index contributed by atoms with van der Waals surface area (Å²) in [6, 6.07) is 1.77. The number of rotatable bonds is 5. The predicted molar refractivity (Wildman–Crippen MR) is 91.3 cm³/mol. The SMILES string of the molecule is CC1CCCC(CNS(=O)(=O)c2sccc2Br)(N(C)C)C1. The van der Waals surface area contributed by atoms with Gasteiger partial charge in [0.1, 0.15) is 4.21 Å². The molecule has 0 amide bonds. The van der Waals surface area contributed by atoms with Gasteiger partial charge in [0.25, 0.3) is 10.0 Å². The van der Waals surface area contributed by atoms with Crippen molar-refractivity contribution in [3.63, 3.8) is 0 Å². The second-order valence-corrected chi connectivity index (χ2v) is 9.93. The van der Waals surface area contributed by atoms with Crippen LogP contribution in [0.3, 0.4) is 0 Å². The molecule has 1 aliphatic carbocycles.